The third-order valence-electron chi connectivity index (χ3n) is 5.58. The van der Waals surface area contributed by atoms with E-state index in [1.54, 1.807) is 12.1 Å². The summed E-state index contributed by atoms with van der Waals surface area (Å²) in [5, 5.41) is 14.9. The lowest BCUT2D eigenvalue weighted by Crippen LogP contribution is -2.47. The number of nitrogens with zero attached hydrogens (tertiary/aromatic N) is 5. The molecule has 1 N–H and O–H groups in total. The van der Waals surface area contributed by atoms with Gasteiger partial charge in [0.2, 0.25) is 0 Å². The molecule has 1 saturated heterocycles. The number of carbonyl (C=O) groups excluding carboxylic acids is 1. The van der Waals surface area contributed by atoms with Gasteiger partial charge in [0, 0.05) is 41.8 Å². The number of nitrogens with one attached hydrogen (secondary N) is 1. The summed E-state index contributed by atoms with van der Waals surface area (Å²) in [7, 11) is -2.94. The van der Waals surface area contributed by atoms with Gasteiger partial charge in [0.15, 0.2) is 9.84 Å². The number of hydrogen-bond acceptors (Lipinski definition) is 7. The van der Waals surface area contributed by atoms with E-state index in [0.717, 1.165) is 16.7 Å². The molecule has 2 heterocycles. The van der Waals surface area contributed by atoms with Crippen LogP contribution in [0.15, 0.2) is 42.7 Å². The van der Waals surface area contributed by atoms with E-state index >= 15 is 0 Å². The Kier molecular flexibility index (Phi) is 6.78. The quantitative estimate of drug-likeness (QED) is 0.566. The highest BCUT2D eigenvalue weighted by molar-refractivity contribution is 7.91. The number of rotatable bonds is 6. The van der Waals surface area contributed by atoms with Crippen LogP contribution in [0.1, 0.15) is 22.8 Å². The van der Waals surface area contributed by atoms with Crippen molar-refractivity contribution in [1.82, 2.24) is 30.4 Å². The first-order valence-corrected chi connectivity index (χ1v) is 12.8. The van der Waals surface area contributed by atoms with E-state index in [4.69, 9.17) is 11.6 Å². The number of amides is 1. The van der Waals surface area contributed by atoms with Gasteiger partial charge in [0.25, 0.3) is 5.91 Å². The summed E-state index contributed by atoms with van der Waals surface area (Å²) < 4.78 is 24.8. The summed E-state index contributed by atoms with van der Waals surface area (Å²) in [4.78, 5) is 15.2. The van der Waals surface area contributed by atoms with Gasteiger partial charge in [-0.1, -0.05) is 23.7 Å². The summed E-state index contributed by atoms with van der Waals surface area (Å²) in [6.45, 7) is 5.40. The van der Waals surface area contributed by atoms with Gasteiger partial charge in [-0.05, 0) is 59.7 Å². The molecule has 33 heavy (non-hydrogen) atoms. The number of sulfone groups is 1. The van der Waals surface area contributed by atoms with E-state index in [1.165, 1.54) is 11.0 Å². The van der Waals surface area contributed by atoms with Crippen LogP contribution in [0, 0.1) is 6.92 Å². The van der Waals surface area contributed by atoms with E-state index in [1.807, 2.05) is 38.1 Å². The lowest BCUT2D eigenvalue weighted by atomic mass is 10.00. The lowest BCUT2D eigenvalue weighted by molar-refractivity contribution is 0.0930. The summed E-state index contributed by atoms with van der Waals surface area (Å²) in [5.74, 6) is 0.0662. The van der Waals surface area contributed by atoms with Crippen LogP contribution in [-0.2, 0) is 9.84 Å². The zero-order chi connectivity index (χ0) is 23.6. The second-order valence-corrected chi connectivity index (χ2v) is 11.0. The van der Waals surface area contributed by atoms with Gasteiger partial charge in [-0.25, -0.2) is 13.1 Å². The second-order valence-electron chi connectivity index (χ2n) is 8.33. The molecule has 1 aliphatic rings. The molecule has 0 bridgehead atoms. The molecular formula is C22H25ClN6O3S. The SMILES string of the molecule is Cc1ccc(-c2cc(C(=O)N[C@H](C)CN3CCS(=O)(=O)CC3)cc(-n3cnnn3)c2)c(Cl)c1. The average molecular weight is 489 g/mol. The Morgan fingerprint density at radius 1 is 1.18 bits per heavy atom. The molecule has 1 atom stereocenters. The molecule has 9 nitrogen and oxygen atoms in total. The molecule has 0 unspecified atom stereocenters. The zero-order valence-electron chi connectivity index (χ0n) is 18.4. The first-order valence-electron chi connectivity index (χ1n) is 10.6. The van der Waals surface area contributed by atoms with E-state index in [2.05, 4.69) is 25.7 Å². The molecule has 3 aromatic rings. The van der Waals surface area contributed by atoms with Crippen molar-refractivity contribution in [3.63, 3.8) is 0 Å². The minimum Gasteiger partial charge on any atom is -0.348 e. The molecule has 11 heteroatoms. The maximum Gasteiger partial charge on any atom is 0.251 e. The van der Waals surface area contributed by atoms with Crippen molar-refractivity contribution in [2.24, 2.45) is 0 Å². The largest absolute Gasteiger partial charge is 0.348 e. The van der Waals surface area contributed by atoms with Crippen molar-refractivity contribution in [3.8, 4) is 16.8 Å². The Bertz CT molecular complexity index is 1250. The first-order chi connectivity index (χ1) is 15.7. The van der Waals surface area contributed by atoms with Gasteiger partial charge in [-0.2, -0.15) is 0 Å². The third-order valence-corrected chi connectivity index (χ3v) is 7.50. The Labute approximate surface area is 197 Å². The van der Waals surface area contributed by atoms with Gasteiger partial charge < -0.3 is 5.32 Å². The van der Waals surface area contributed by atoms with Crippen LogP contribution in [0.25, 0.3) is 16.8 Å². The highest BCUT2D eigenvalue weighted by Gasteiger charge is 2.23. The Morgan fingerprint density at radius 3 is 2.61 bits per heavy atom. The number of aryl methyl sites for hydroxylation is 1. The summed E-state index contributed by atoms with van der Waals surface area (Å²) in [6, 6.07) is 11.0. The van der Waals surface area contributed by atoms with Crippen molar-refractivity contribution < 1.29 is 13.2 Å². The standard InChI is InChI=1S/C22H25ClN6O3S/c1-15-3-4-20(21(23)9-15)17-10-18(12-19(11-17)29-14-24-26-27-29)22(30)25-16(2)13-28-5-7-33(31,32)8-6-28/h3-4,9-12,14,16H,5-8,13H2,1-2H3,(H,25,30)/t16-/m1/s1. The van der Waals surface area contributed by atoms with Crippen LogP contribution in [0.5, 0.6) is 0 Å². The Hall–Kier alpha value is -2.82. The topological polar surface area (TPSA) is 110 Å². The van der Waals surface area contributed by atoms with Crippen molar-refractivity contribution in [3.05, 3.63) is 58.9 Å². The predicted molar refractivity (Wildman–Crippen MR) is 126 cm³/mol. The number of tetrazole rings is 1. The van der Waals surface area contributed by atoms with Crippen molar-refractivity contribution in [2.75, 3.05) is 31.1 Å². The molecule has 174 valence electrons. The maximum absolute atomic E-state index is 13.1. The maximum atomic E-state index is 13.1. The number of aromatic nitrogens is 4. The Morgan fingerprint density at radius 2 is 1.94 bits per heavy atom. The molecule has 1 aliphatic heterocycles. The summed E-state index contributed by atoms with van der Waals surface area (Å²) in [6.07, 6.45) is 1.46. The fourth-order valence-corrected chi connectivity index (χ4v) is 5.46. The molecule has 0 saturated carbocycles. The summed E-state index contributed by atoms with van der Waals surface area (Å²) in [5.41, 5.74) is 3.69. The monoisotopic (exact) mass is 488 g/mol. The molecular weight excluding hydrogens is 464 g/mol. The van der Waals surface area contributed by atoms with Gasteiger partial charge in [-0.15, -0.1) is 5.10 Å². The normalized spacial score (nSPS) is 16.9. The highest BCUT2D eigenvalue weighted by Crippen LogP contribution is 2.31. The molecule has 2 aromatic carbocycles. The number of benzene rings is 2. The molecule has 4 rings (SSSR count). The smallest absolute Gasteiger partial charge is 0.251 e. The molecule has 0 aliphatic carbocycles. The van der Waals surface area contributed by atoms with Crippen molar-refractivity contribution in [2.45, 2.75) is 19.9 Å². The van der Waals surface area contributed by atoms with Crippen LogP contribution < -0.4 is 5.32 Å². The van der Waals surface area contributed by atoms with Crippen LogP contribution >= 0.6 is 11.6 Å². The summed E-state index contributed by atoms with van der Waals surface area (Å²) >= 11 is 6.49. The van der Waals surface area contributed by atoms with E-state index in [0.29, 0.717) is 35.9 Å². The predicted octanol–water partition coefficient (Wildman–Crippen LogP) is 2.14. The second kappa shape index (κ2) is 9.58. The first kappa shape index (κ1) is 23.3. The van der Waals surface area contributed by atoms with Crippen LogP contribution in [-0.4, -0.2) is 76.6 Å². The van der Waals surface area contributed by atoms with Gasteiger partial charge >= 0.3 is 0 Å². The number of carbonyl (C=O) groups is 1. The zero-order valence-corrected chi connectivity index (χ0v) is 20.0. The fraction of sp³-hybridized carbons (Fsp3) is 0.364. The van der Waals surface area contributed by atoms with E-state index in [-0.39, 0.29) is 23.5 Å². The minimum absolute atomic E-state index is 0.155. The molecule has 0 radical (unpaired) electrons. The fourth-order valence-electron chi connectivity index (χ4n) is 3.84. The van der Waals surface area contributed by atoms with E-state index in [9.17, 15) is 13.2 Å². The van der Waals surface area contributed by atoms with Crippen LogP contribution in [0.3, 0.4) is 0 Å². The number of hydrogen-bond donors (Lipinski definition) is 1. The molecule has 0 spiro atoms. The van der Waals surface area contributed by atoms with Gasteiger partial charge in [0.1, 0.15) is 6.33 Å². The Balaban J connectivity index is 1.57. The molecule has 1 fully saturated rings. The third kappa shape index (κ3) is 5.76. The lowest BCUT2D eigenvalue weighted by Gasteiger charge is -2.29. The van der Waals surface area contributed by atoms with Crippen LogP contribution in [0.2, 0.25) is 5.02 Å². The van der Waals surface area contributed by atoms with Crippen LogP contribution in [0.4, 0.5) is 0 Å². The van der Waals surface area contributed by atoms with Gasteiger partial charge in [-0.3, -0.25) is 9.69 Å². The average Bonchev–Trinajstić information content (AvgIpc) is 3.30. The highest BCUT2D eigenvalue weighted by atomic mass is 35.5. The van der Waals surface area contributed by atoms with Crippen molar-refractivity contribution in [1.29, 1.82) is 0 Å². The van der Waals surface area contributed by atoms with E-state index < -0.39 is 9.84 Å². The molecule has 1 amide bonds. The van der Waals surface area contributed by atoms with Gasteiger partial charge in [0.05, 0.1) is 17.2 Å². The molecule has 1 aromatic heterocycles. The van der Waals surface area contributed by atoms with Crippen molar-refractivity contribution >= 4 is 27.3 Å². The minimum atomic E-state index is -2.94. The number of halogens is 1.